The van der Waals surface area contributed by atoms with Crippen LogP contribution in [0.3, 0.4) is 0 Å². The molecule has 110 valence electrons. The van der Waals surface area contributed by atoms with E-state index in [0.717, 1.165) is 6.07 Å². The standard InChI is InChI=1S/C12H10ClN3O5/c1-7-4-12(21-15-7)14-11(17)6-20-10-3-2-8(16(18)19)5-9(10)13/h2-5H,6H2,1H3,(H,14,17). The number of rotatable bonds is 5. The molecule has 2 rings (SSSR count). The first-order valence-corrected chi connectivity index (χ1v) is 6.13. The number of non-ortho nitro benzene ring substituents is 1. The maximum Gasteiger partial charge on any atom is 0.271 e. The van der Waals surface area contributed by atoms with Gasteiger partial charge in [0.2, 0.25) is 5.88 Å². The van der Waals surface area contributed by atoms with E-state index in [1.807, 2.05) is 0 Å². The molecular weight excluding hydrogens is 302 g/mol. The SMILES string of the molecule is Cc1cc(NC(=O)COc2ccc([N+](=O)[O-])cc2Cl)on1. The van der Waals surface area contributed by atoms with Crippen LogP contribution in [0, 0.1) is 17.0 Å². The van der Waals surface area contributed by atoms with E-state index in [1.165, 1.54) is 12.1 Å². The van der Waals surface area contributed by atoms with Gasteiger partial charge >= 0.3 is 0 Å². The highest BCUT2D eigenvalue weighted by molar-refractivity contribution is 6.32. The molecule has 2 aromatic rings. The summed E-state index contributed by atoms with van der Waals surface area (Å²) in [5.41, 5.74) is 0.471. The van der Waals surface area contributed by atoms with E-state index in [0.29, 0.717) is 5.69 Å². The number of amides is 1. The van der Waals surface area contributed by atoms with Gasteiger partial charge in [0.05, 0.1) is 15.6 Å². The van der Waals surface area contributed by atoms with Crippen molar-refractivity contribution in [2.75, 3.05) is 11.9 Å². The van der Waals surface area contributed by atoms with E-state index in [1.54, 1.807) is 13.0 Å². The topological polar surface area (TPSA) is 108 Å². The quantitative estimate of drug-likeness (QED) is 0.671. The summed E-state index contributed by atoms with van der Waals surface area (Å²) in [5.74, 6) is -0.0948. The van der Waals surface area contributed by atoms with Crippen LogP contribution in [0.25, 0.3) is 0 Å². The lowest BCUT2D eigenvalue weighted by Crippen LogP contribution is -2.19. The average Bonchev–Trinajstić information content (AvgIpc) is 2.82. The normalized spacial score (nSPS) is 10.2. The minimum absolute atomic E-state index is 0.0486. The molecule has 0 aliphatic heterocycles. The van der Waals surface area contributed by atoms with Crippen LogP contribution in [0.1, 0.15) is 5.69 Å². The van der Waals surface area contributed by atoms with Crippen LogP contribution in [0.2, 0.25) is 5.02 Å². The van der Waals surface area contributed by atoms with Gasteiger partial charge in [-0.05, 0) is 13.0 Å². The first-order chi connectivity index (χ1) is 9.95. The van der Waals surface area contributed by atoms with Crippen LogP contribution >= 0.6 is 11.6 Å². The van der Waals surface area contributed by atoms with Crippen LogP contribution in [0.5, 0.6) is 5.75 Å². The summed E-state index contributed by atoms with van der Waals surface area (Å²) in [6.07, 6.45) is 0. The highest BCUT2D eigenvalue weighted by atomic mass is 35.5. The number of carbonyl (C=O) groups is 1. The van der Waals surface area contributed by atoms with Crippen molar-refractivity contribution in [1.29, 1.82) is 0 Å². The largest absolute Gasteiger partial charge is 0.482 e. The van der Waals surface area contributed by atoms with E-state index in [9.17, 15) is 14.9 Å². The highest BCUT2D eigenvalue weighted by Gasteiger charge is 2.12. The fraction of sp³-hybridized carbons (Fsp3) is 0.167. The molecule has 1 aromatic heterocycles. The number of nitrogens with zero attached hydrogens (tertiary/aromatic N) is 2. The van der Waals surface area contributed by atoms with Crippen LogP contribution < -0.4 is 10.1 Å². The minimum Gasteiger partial charge on any atom is -0.482 e. The number of nitro groups is 1. The highest BCUT2D eigenvalue weighted by Crippen LogP contribution is 2.28. The third-order valence-electron chi connectivity index (χ3n) is 2.38. The van der Waals surface area contributed by atoms with E-state index in [2.05, 4.69) is 10.5 Å². The third-order valence-corrected chi connectivity index (χ3v) is 2.67. The van der Waals surface area contributed by atoms with Crippen molar-refractivity contribution in [1.82, 2.24) is 5.16 Å². The number of benzene rings is 1. The van der Waals surface area contributed by atoms with Gasteiger partial charge in [-0.25, -0.2) is 0 Å². The lowest BCUT2D eigenvalue weighted by atomic mass is 10.3. The van der Waals surface area contributed by atoms with Crippen LogP contribution in [-0.2, 0) is 4.79 Å². The Morgan fingerprint density at radius 1 is 1.52 bits per heavy atom. The monoisotopic (exact) mass is 311 g/mol. The number of halogens is 1. The molecule has 0 saturated heterocycles. The van der Waals surface area contributed by atoms with Crippen molar-refractivity contribution in [3.05, 3.63) is 45.1 Å². The Hall–Kier alpha value is -2.61. The molecule has 0 unspecified atom stereocenters. The molecule has 0 saturated carbocycles. The molecule has 9 heteroatoms. The first-order valence-electron chi connectivity index (χ1n) is 5.75. The molecule has 1 amide bonds. The molecule has 0 atom stereocenters. The molecule has 0 fully saturated rings. The van der Waals surface area contributed by atoms with Gasteiger partial charge in [0.25, 0.3) is 11.6 Å². The average molecular weight is 312 g/mol. The van der Waals surface area contributed by atoms with Crippen molar-refractivity contribution < 1.29 is 19.0 Å². The molecule has 1 heterocycles. The fourth-order valence-electron chi connectivity index (χ4n) is 1.46. The van der Waals surface area contributed by atoms with Gasteiger partial charge in [0, 0.05) is 18.2 Å². The zero-order valence-corrected chi connectivity index (χ0v) is 11.6. The summed E-state index contributed by atoms with van der Waals surface area (Å²) in [7, 11) is 0. The summed E-state index contributed by atoms with van der Waals surface area (Å²) in [6.45, 7) is 1.39. The Kier molecular flexibility index (Phi) is 4.39. The summed E-state index contributed by atoms with van der Waals surface area (Å²) in [5, 5.41) is 16.7. The summed E-state index contributed by atoms with van der Waals surface area (Å²) >= 11 is 5.83. The van der Waals surface area contributed by atoms with E-state index < -0.39 is 10.8 Å². The van der Waals surface area contributed by atoms with Gasteiger partial charge in [-0.15, -0.1) is 0 Å². The van der Waals surface area contributed by atoms with Crippen molar-refractivity contribution in [2.45, 2.75) is 6.92 Å². The second-order valence-electron chi connectivity index (χ2n) is 4.04. The van der Waals surface area contributed by atoms with Gasteiger partial charge in [-0.1, -0.05) is 16.8 Å². The predicted molar refractivity (Wildman–Crippen MR) is 73.5 cm³/mol. The molecule has 0 radical (unpaired) electrons. The molecule has 0 bridgehead atoms. The van der Waals surface area contributed by atoms with Gasteiger partial charge in [0.15, 0.2) is 6.61 Å². The lowest BCUT2D eigenvalue weighted by molar-refractivity contribution is -0.384. The fourth-order valence-corrected chi connectivity index (χ4v) is 1.69. The summed E-state index contributed by atoms with van der Waals surface area (Å²) < 4.78 is 10.00. The molecule has 1 N–H and O–H groups in total. The number of aryl methyl sites for hydroxylation is 1. The Morgan fingerprint density at radius 2 is 2.29 bits per heavy atom. The number of anilines is 1. The Balaban J connectivity index is 1.93. The number of hydrogen-bond donors (Lipinski definition) is 1. The molecule has 0 spiro atoms. The molecular formula is C12H10ClN3O5. The Morgan fingerprint density at radius 3 is 2.86 bits per heavy atom. The van der Waals surface area contributed by atoms with E-state index >= 15 is 0 Å². The summed E-state index contributed by atoms with van der Waals surface area (Å²) in [6, 6.07) is 5.26. The maximum absolute atomic E-state index is 11.6. The third kappa shape index (κ3) is 3.93. The smallest absolute Gasteiger partial charge is 0.271 e. The number of nitrogens with one attached hydrogen (secondary N) is 1. The Bertz CT molecular complexity index is 685. The number of carbonyl (C=O) groups excluding carboxylic acids is 1. The molecule has 1 aromatic carbocycles. The van der Waals surface area contributed by atoms with Gasteiger partial charge in [-0.3, -0.25) is 20.2 Å². The van der Waals surface area contributed by atoms with Crippen molar-refractivity contribution in [3.63, 3.8) is 0 Å². The van der Waals surface area contributed by atoms with Crippen LogP contribution in [-0.4, -0.2) is 22.6 Å². The van der Waals surface area contributed by atoms with E-state index in [4.69, 9.17) is 20.9 Å². The lowest BCUT2D eigenvalue weighted by Gasteiger charge is -2.07. The zero-order valence-electron chi connectivity index (χ0n) is 10.8. The molecule has 21 heavy (non-hydrogen) atoms. The van der Waals surface area contributed by atoms with Crippen LogP contribution in [0.4, 0.5) is 11.6 Å². The number of aromatic nitrogens is 1. The molecule has 0 aliphatic carbocycles. The van der Waals surface area contributed by atoms with E-state index in [-0.39, 0.29) is 29.0 Å². The molecule has 0 aliphatic rings. The zero-order chi connectivity index (χ0) is 15.4. The maximum atomic E-state index is 11.6. The van der Waals surface area contributed by atoms with Gasteiger partial charge < -0.3 is 9.26 Å². The van der Waals surface area contributed by atoms with Crippen molar-refractivity contribution >= 4 is 29.1 Å². The van der Waals surface area contributed by atoms with Gasteiger partial charge in [0.1, 0.15) is 5.75 Å². The first kappa shape index (κ1) is 14.8. The predicted octanol–water partition coefficient (Wildman–Crippen LogP) is 2.56. The van der Waals surface area contributed by atoms with Crippen molar-refractivity contribution in [3.8, 4) is 5.75 Å². The Labute approximate surface area is 123 Å². The second kappa shape index (κ2) is 6.23. The number of ether oxygens (including phenoxy) is 1. The molecule has 8 nitrogen and oxygen atoms in total. The number of hydrogen-bond acceptors (Lipinski definition) is 6. The van der Waals surface area contributed by atoms with Gasteiger partial charge in [-0.2, -0.15) is 0 Å². The number of nitro benzene ring substituents is 1. The van der Waals surface area contributed by atoms with Crippen LogP contribution in [0.15, 0.2) is 28.8 Å². The second-order valence-corrected chi connectivity index (χ2v) is 4.45. The minimum atomic E-state index is -0.575. The summed E-state index contributed by atoms with van der Waals surface area (Å²) in [4.78, 5) is 21.6. The van der Waals surface area contributed by atoms with Crippen molar-refractivity contribution in [2.24, 2.45) is 0 Å².